The van der Waals surface area contributed by atoms with E-state index in [-0.39, 0.29) is 30.7 Å². The van der Waals surface area contributed by atoms with Gasteiger partial charge in [-0.15, -0.1) is 0 Å². The van der Waals surface area contributed by atoms with E-state index in [4.69, 9.17) is 5.73 Å². The number of hydrogen-bond donors (Lipinski definition) is 2. The number of halogens is 1. The Bertz CT molecular complexity index is 1900. The van der Waals surface area contributed by atoms with E-state index in [1.807, 2.05) is 97.9 Å². The molecule has 0 heterocycles. The summed E-state index contributed by atoms with van der Waals surface area (Å²) in [5, 5.41) is 3.00. The molecule has 0 bridgehead atoms. The third kappa shape index (κ3) is 9.77. The van der Waals surface area contributed by atoms with Crippen molar-refractivity contribution in [3.05, 3.63) is 167 Å². The van der Waals surface area contributed by atoms with Crippen molar-refractivity contribution in [2.75, 3.05) is 20.6 Å². The first-order valence-electron chi connectivity index (χ1n) is 17.2. The number of carbonyl (C=O) groups is 3. The molecule has 262 valence electrons. The second-order valence-electron chi connectivity index (χ2n) is 12.9. The molecule has 0 aromatic heterocycles. The number of benzene rings is 5. The standard InChI is InChI=1S/C43H45FN4O3/c1-30(45)36-15-10-16-37(29-36)42(50)48(3)40(28-32-17-21-35(22-18-32)34-13-8-5-9-14-34)43(51)47(2)39(27-33-19-23-38(44)24-20-33)41(49)46-26-25-31-11-6-4-7-12-31/h4-24,29-30,39-40H,25-28,45H2,1-3H3,(H,46,49)/t30?,39-,40-/m1/s1. The van der Waals surface area contributed by atoms with Gasteiger partial charge in [0.25, 0.3) is 5.91 Å². The van der Waals surface area contributed by atoms with Gasteiger partial charge in [0.1, 0.15) is 17.9 Å². The lowest BCUT2D eigenvalue weighted by molar-refractivity contribution is -0.142. The summed E-state index contributed by atoms with van der Waals surface area (Å²) in [5.41, 5.74) is 12.1. The van der Waals surface area contributed by atoms with Crippen molar-refractivity contribution in [3.8, 4) is 11.1 Å². The van der Waals surface area contributed by atoms with Gasteiger partial charge in [0.15, 0.2) is 0 Å². The third-order valence-electron chi connectivity index (χ3n) is 9.24. The van der Waals surface area contributed by atoms with Gasteiger partial charge in [0.2, 0.25) is 11.8 Å². The van der Waals surface area contributed by atoms with Crippen LogP contribution in [0.4, 0.5) is 4.39 Å². The normalized spacial score (nSPS) is 12.7. The Morgan fingerprint density at radius 3 is 1.86 bits per heavy atom. The summed E-state index contributed by atoms with van der Waals surface area (Å²) in [5.74, 6) is -1.46. The summed E-state index contributed by atoms with van der Waals surface area (Å²) in [6.07, 6.45) is 0.992. The molecule has 8 heteroatoms. The zero-order valence-corrected chi connectivity index (χ0v) is 29.3. The van der Waals surface area contributed by atoms with Crippen LogP contribution in [0.1, 0.15) is 45.6 Å². The minimum absolute atomic E-state index is 0.159. The van der Waals surface area contributed by atoms with Crippen molar-refractivity contribution >= 4 is 17.7 Å². The molecule has 5 aromatic rings. The average molecular weight is 685 g/mol. The Kier molecular flexibility index (Phi) is 12.5. The largest absolute Gasteiger partial charge is 0.354 e. The van der Waals surface area contributed by atoms with Crippen molar-refractivity contribution in [3.63, 3.8) is 0 Å². The van der Waals surface area contributed by atoms with Crippen LogP contribution in [0, 0.1) is 5.82 Å². The molecule has 0 radical (unpaired) electrons. The molecule has 0 fully saturated rings. The molecule has 0 aliphatic carbocycles. The van der Waals surface area contributed by atoms with E-state index in [1.54, 1.807) is 44.4 Å². The second-order valence-corrected chi connectivity index (χ2v) is 12.9. The van der Waals surface area contributed by atoms with E-state index in [2.05, 4.69) is 5.32 Å². The SMILES string of the molecule is CC(N)c1cccc(C(=O)N(C)[C@H](Cc2ccc(-c3ccccc3)cc2)C(=O)N(C)[C@H](Cc2ccc(F)cc2)C(=O)NCCc2ccccc2)c1. The van der Waals surface area contributed by atoms with Crippen molar-refractivity contribution in [2.45, 2.75) is 44.3 Å². The molecular formula is C43H45FN4O3. The molecule has 0 saturated carbocycles. The lowest BCUT2D eigenvalue weighted by Gasteiger charge is -2.35. The van der Waals surface area contributed by atoms with E-state index in [0.29, 0.717) is 24.1 Å². The van der Waals surface area contributed by atoms with Gasteiger partial charge < -0.3 is 20.9 Å². The maximum atomic E-state index is 14.6. The summed E-state index contributed by atoms with van der Waals surface area (Å²) < 4.78 is 13.8. The average Bonchev–Trinajstić information content (AvgIpc) is 3.16. The van der Waals surface area contributed by atoms with Crippen LogP contribution in [0.2, 0.25) is 0 Å². The fraction of sp³-hybridized carbons (Fsp3) is 0.233. The first-order chi connectivity index (χ1) is 24.6. The molecule has 0 spiro atoms. The number of amides is 3. The fourth-order valence-electron chi connectivity index (χ4n) is 6.11. The number of carbonyl (C=O) groups excluding carboxylic acids is 3. The summed E-state index contributed by atoms with van der Waals surface area (Å²) in [4.78, 5) is 45.4. The molecule has 5 rings (SSSR count). The Morgan fingerprint density at radius 1 is 0.667 bits per heavy atom. The fourth-order valence-corrected chi connectivity index (χ4v) is 6.11. The molecule has 7 nitrogen and oxygen atoms in total. The van der Waals surface area contributed by atoms with Crippen molar-refractivity contribution in [2.24, 2.45) is 5.73 Å². The topological polar surface area (TPSA) is 95.7 Å². The Hall–Kier alpha value is -5.60. The van der Waals surface area contributed by atoms with Gasteiger partial charge in [-0.1, -0.05) is 109 Å². The van der Waals surface area contributed by atoms with Crippen LogP contribution >= 0.6 is 0 Å². The number of nitrogens with zero attached hydrogens (tertiary/aromatic N) is 2. The smallest absolute Gasteiger partial charge is 0.254 e. The lowest BCUT2D eigenvalue weighted by atomic mass is 9.97. The van der Waals surface area contributed by atoms with Crippen LogP contribution in [0.25, 0.3) is 11.1 Å². The quantitative estimate of drug-likeness (QED) is 0.137. The maximum Gasteiger partial charge on any atom is 0.254 e. The summed E-state index contributed by atoms with van der Waals surface area (Å²) in [7, 11) is 3.21. The molecule has 0 saturated heterocycles. The number of nitrogens with one attached hydrogen (secondary N) is 1. The van der Waals surface area contributed by atoms with Gasteiger partial charge in [-0.05, 0) is 71.0 Å². The number of hydrogen-bond acceptors (Lipinski definition) is 4. The Balaban J connectivity index is 1.44. The monoisotopic (exact) mass is 684 g/mol. The van der Waals surface area contributed by atoms with Crippen molar-refractivity contribution in [1.29, 1.82) is 0 Å². The van der Waals surface area contributed by atoms with E-state index in [0.717, 1.165) is 27.8 Å². The first kappa shape index (κ1) is 36.7. The highest BCUT2D eigenvalue weighted by Crippen LogP contribution is 2.23. The molecule has 0 aliphatic heterocycles. The van der Waals surface area contributed by atoms with Gasteiger partial charge in [0.05, 0.1) is 0 Å². The van der Waals surface area contributed by atoms with Crippen LogP contribution in [0.5, 0.6) is 0 Å². The zero-order valence-electron chi connectivity index (χ0n) is 29.3. The summed E-state index contributed by atoms with van der Waals surface area (Å²) in [6.45, 7) is 2.22. The van der Waals surface area contributed by atoms with E-state index >= 15 is 0 Å². The van der Waals surface area contributed by atoms with Crippen LogP contribution in [-0.4, -0.2) is 60.2 Å². The molecule has 3 N–H and O–H groups in total. The first-order valence-corrected chi connectivity index (χ1v) is 17.2. The highest BCUT2D eigenvalue weighted by atomic mass is 19.1. The van der Waals surface area contributed by atoms with Gasteiger partial charge in [-0.25, -0.2) is 4.39 Å². The molecule has 1 unspecified atom stereocenters. The van der Waals surface area contributed by atoms with E-state index < -0.39 is 23.8 Å². The van der Waals surface area contributed by atoms with Gasteiger partial charge in [-0.2, -0.15) is 0 Å². The molecular weight excluding hydrogens is 639 g/mol. The highest BCUT2D eigenvalue weighted by molar-refractivity contribution is 5.98. The molecule has 51 heavy (non-hydrogen) atoms. The van der Waals surface area contributed by atoms with Crippen molar-refractivity contribution in [1.82, 2.24) is 15.1 Å². The van der Waals surface area contributed by atoms with Gasteiger partial charge >= 0.3 is 0 Å². The Labute approximate surface area is 299 Å². The number of likely N-dealkylation sites (N-methyl/N-ethyl adjacent to an activating group) is 2. The predicted molar refractivity (Wildman–Crippen MR) is 200 cm³/mol. The van der Waals surface area contributed by atoms with Gasteiger partial charge in [-0.3, -0.25) is 14.4 Å². The van der Waals surface area contributed by atoms with Gasteiger partial charge in [0, 0.05) is 45.1 Å². The van der Waals surface area contributed by atoms with E-state index in [9.17, 15) is 18.8 Å². The minimum atomic E-state index is -0.947. The molecule has 0 aliphatic rings. The van der Waals surface area contributed by atoms with Crippen LogP contribution in [0.3, 0.4) is 0 Å². The number of nitrogens with two attached hydrogens (primary N) is 1. The Morgan fingerprint density at radius 2 is 1.24 bits per heavy atom. The van der Waals surface area contributed by atoms with Crippen molar-refractivity contribution < 1.29 is 18.8 Å². The summed E-state index contributed by atoms with van der Waals surface area (Å²) in [6, 6.07) is 38.6. The minimum Gasteiger partial charge on any atom is -0.354 e. The highest BCUT2D eigenvalue weighted by Gasteiger charge is 2.35. The van der Waals surface area contributed by atoms with E-state index in [1.165, 1.54) is 21.9 Å². The van der Waals surface area contributed by atoms with Crippen LogP contribution < -0.4 is 11.1 Å². The maximum absolute atomic E-state index is 14.6. The second kappa shape index (κ2) is 17.4. The predicted octanol–water partition coefficient (Wildman–Crippen LogP) is 6.62. The molecule has 3 amide bonds. The third-order valence-corrected chi connectivity index (χ3v) is 9.24. The van der Waals surface area contributed by atoms with Crippen LogP contribution in [0.15, 0.2) is 133 Å². The molecule has 5 aromatic carbocycles. The lowest BCUT2D eigenvalue weighted by Crippen LogP contribution is -2.56. The van der Waals surface area contributed by atoms with Crippen LogP contribution in [-0.2, 0) is 28.9 Å². The summed E-state index contributed by atoms with van der Waals surface area (Å²) >= 11 is 0. The number of rotatable bonds is 14. The molecule has 3 atom stereocenters. The zero-order chi connectivity index (χ0) is 36.3.